The minimum absolute atomic E-state index is 0.169. The van der Waals surface area contributed by atoms with Crippen LogP contribution in [0.25, 0.3) is 0 Å². The van der Waals surface area contributed by atoms with E-state index < -0.39 is 12.6 Å². The molecule has 19 heavy (non-hydrogen) atoms. The van der Waals surface area contributed by atoms with E-state index in [1.165, 1.54) is 11.1 Å². The SMILES string of the molecule is CCNC(CCCC(F)(F)F)C1Cc2ccccc21. The van der Waals surface area contributed by atoms with E-state index in [1.54, 1.807) is 0 Å². The molecule has 2 unspecified atom stereocenters. The molecular formula is C15H20F3N. The Balaban J connectivity index is 1.91. The Bertz CT molecular complexity index is 414. The number of hydrogen-bond acceptors (Lipinski definition) is 1. The van der Waals surface area contributed by atoms with Gasteiger partial charge in [0.1, 0.15) is 0 Å². The molecule has 0 aromatic heterocycles. The summed E-state index contributed by atoms with van der Waals surface area (Å²) in [4.78, 5) is 0. The number of alkyl halides is 3. The molecule has 1 nitrogen and oxygen atoms in total. The molecule has 0 bridgehead atoms. The van der Waals surface area contributed by atoms with Crippen LogP contribution in [0.3, 0.4) is 0 Å². The number of benzene rings is 1. The van der Waals surface area contributed by atoms with Crippen molar-refractivity contribution in [2.45, 2.75) is 50.7 Å². The maximum Gasteiger partial charge on any atom is 0.389 e. The quantitative estimate of drug-likeness (QED) is 0.823. The van der Waals surface area contributed by atoms with Gasteiger partial charge in [-0.2, -0.15) is 13.2 Å². The van der Waals surface area contributed by atoms with Gasteiger partial charge in [0.2, 0.25) is 0 Å². The number of nitrogens with one attached hydrogen (secondary N) is 1. The average molecular weight is 271 g/mol. The summed E-state index contributed by atoms with van der Waals surface area (Å²) in [5.74, 6) is 0.379. The van der Waals surface area contributed by atoms with Crippen molar-refractivity contribution in [3.05, 3.63) is 35.4 Å². The zero-order valence-corrected chi connectivity index (χ0v) is 11.1. The molecule has 1 aromatic rings. The van der Waals surface area contributed by atoms with E-state index >= 15 is 0 Å². The van der Waals surface area contributed by atoms with Crippen LogP contribution in [0, 0.1) is 0 Å². The topological polar surface area (TPSA) is 12.0 Å². The molecule has 0 fully saturated rings. The van der Waals surface area contributed by atoms with Gasteiger partial charge in [0.15, 0.2) is 0 Å². The molecule has 0 saturated heterocycles. The summed E-state index contributed by atoms with van der Waals surface area (Å²) in [6, 6.07) is 8.38. The summed E-state index contributed by atoms with van der Waals surface area (Å²) in [5.41, 5.74) is 2.65. The fraction of sp³-hybridized carbons (Fsp3) is 0.600. The summed E-state index contributed by atoms with van der Waals surface area (Å²) in [7, 11) is 0. The molecule has 1 aliphatic carbocycles. The smallest absolute Gasteiger partial charge is 0.314 e. The van der Waals surface area contributed by atoms with Crippen molar-refractivity contribution >= 4 is 0 Å². The predicted octanol–water partition coefficient (Wildman–Crippen LogP) is 4.04. The lowest BCUT2D eigenvalue weighted by Crippen LogP contribution is -2.40. The van der Waals surface area contributed by atoms with Gasteiger partial charge < -0.3 is 5.32 Å². The van der Waals surface area contributed by atoms with Crippen molar-refractivity contribution in [2.75, 3.05) is 6.54 Å². The zero-order valence-electron chi connectivity index (χ0n) is 11.1. The van der Waals surface area contributed by atoms with E-state index in [0.717, 1.165) is 13.0 Å². The molecule has 2 atom stereocenters. The summed E-state index contributed by atoms with van der Waals surface area (Å²) in [6.45, 7) is 2.80. The molecule has 2 rings (SSSR count). The molecule has 1 aliphatic rings. The third-order valence-electron chi connectivity index (χ3n) is 3.82. The first-order chi connectivity index (χ1) is 9.01. The minimum Gasteiger partial charge on any atom is -0.314 e. The standard InChI is InChI=1S/C15H20F3N/c1-2-19-14(8-5-9-15(16,17)18)13-10-11-6-3-4-7-12(11)13/h3-4,6-7,13-14,19H,2,5,8-10H2,1H3. The van der Waals surface area contributed by atoms with E-state index in [9.17, 15) is 13.2 Å². The average Bonchev–Trinajstić information content (AvgIpc) is 2.29. The van der Waals surface area contributed by atoms with E-state index in [4.69, 9.17) is 0 Å². The van der Waals surface area contributed by atoms with Crippen LogP contribution in [0.2, 0.25) is 0 Å². The summed E-state index contributed by atoms with van der Waals surface area (Å²) in [5, 5.41) is 3.34. The fourth-order valence-corrected chi connectivity index (χ4v) is 2.89. The van der Waals surface area contributed by atoms with Gasteiger partial charge in [-0.15, -0.1) is 0 Å². The van der Waals surface area contributed by atoms with Crippen LogP contribution in [0.4, 0.5) is 13.2 Å². The highest BCUT2D eigenvalue weighted by Crippen LogP contribution is 2.39. The second kappa shape index (κ2) is 5.95. The molecule has 106 valence electrons. The first-order valence-electron chi connectivity index (χ1n) is 6.89. The molecule has 0 radical (unpaired) electrons. The van der Waals surface area contributed by atoms with Crippen molar-refractivity contribution in [1.29, 1.82) is 0 Å². The monoisotopic (exact) mass is 271 g/mol. The van der Waals surface area contributed by atoms with Gasteiger partial charge in [-0.3, -0.25) is 0 Å². The van der Waals surface area contributed by atoms with Gasteiger partial charge in [-0.25, -0.2) is 0 Å². The van der Waals surface area contributed by atoms with Crippen molar-refractivity contribution in [3.63, 3.8) is 0 Å². The summed E-state index contributed by atoms with van der Waals surface area (Å²) >= 11 is 0. The first-order valence-corrected chi connectivity index (χ1v) is 6.89. The molecule has 1 aromatic carbocycles. The van der Waals surface area contributed by atoms with Crippen LogP contribution in [-0.2, 0) is 6.42 Å². The normalized spacial score (nSPS) is 19.7. The molecule has 0 spiro atoms. The highest BCUT2D eigenvalue weighted by molar-refractivity contribution is 5.41. The number of halogens is 3. The van der Waals surface area contributed by atoms with Gasteiger partial charge >= 0.3 is 6.18 Å². The van der Waals surface area contributed by atoms with Gasteiger partial charge in [0.05, 0.1) is 0 Å². The second-order valence-corrected chi connectivity index (χ2v) is 5.18. The molecular weight excluding hydrogens is 251 g/mol. The highest BCUT2D eigenvalue weighted by Gasteiger charge is 2.33. The van der Waals surface area contributed by atoms with Crippen LogP contribution in [0.1, 0.15) is 43.2 Å². The number of rotatable bonds is 6. The Morgan fingerprint density at radius 2 is 2.05 bits per heavy atom. The molecule has 4 heteroatoms. The van der Waals surface area contributed by atoms with E-state index in [0.29, 0.717) is 12.3 Å². The summed E-state index contributed by atoms with van der Waals surface area (Å²) < 4.78 is 36.6. The Labute approximate surface area is 112 Å². The molecule has 0 heterocycles. The van der Waals surface area contributed by atoms with Gasteiger partial charge in [0.25, 0.3) is 0 Å². The second-order valence-electron chi connectivity index (χ2n) is 5.18. The van der Waals surface area contributed by atoms with Crippen molar-refractivity contribution in [2.24, 2.45) is 0 Å². The first kappa shape index (κ1) is 14.4. The number of fused-ring (bicyclic) bond motifs is 1. The van der Waals surface area contributed by atoms with Gasteiger partial charge in [-0.1, -0.05) is 31.2 Å². The van der Waals surface area contributed by atoms with Crippen LogP contribution >= 0.6 is 0 Å². The van der Waals surface area contributed by atoms with Crippen LogP contribution in [0.15, 0.2) is 24.3 Å². The molecule has 1 N–H and O–H groups in total. The Morgan fingerprint density at radius 1 is 1.32 bits per heavy atom. The highest BCUT2D eigenvalue weighted by atomic mass is 19.4. The molecule has 0 aliphatic heterocycles. The maximum atomic E-state index is 12.2. The molecule has 0 saturated carbocycles. The van der Waals surface area contributed by atoms with E-state index in [2.05, 4.69) is 17.4 Å². The lowest BCUT2D eigenvalue weighted by atomic mass is 9.72. The zero-order chi connectivity index (χ0) is 13.9. The predicted molar refractivity (Wildman–Crippen MR) is 70.3 cm³/mol. The minimum atomic E-state index is -4.03. The largest absolute Gasteiger partial charge is 0.389 e. The fourth-order valence-electron chi connectivity index (χ4n) is 2.89. The Morgan fingerprint density at radius 3 is 2.68 bits per heavy atom. The Hall–Kier alpha value is -1.03. The maximum absolute atomic E-state index is 12.2. The number of hydrogen-bond donors (Lipinski definition) is 1. The lowest BCUT2D eigenvalue weighted by Gasteiger charge is -2.37. The van der Waals surface area contributed by atoms with Crippen LogP contribution in [0.5, 0.6) is 0 Å². The van der Waals surface area contributed by atoms with Crippen molar-refractivity contribution < 1.29 is 13.2 Å². The third-order valence-corrected chi connectivity index (χ3v) is 3.82. The van der Waals surface area contributed by atoms with Gasteiger partial charge in [-0.05, 0) is 36.9 Å². The third kappa shape index (κ3) is 3.72. The Kier molecular flexibility index (Phi) is 4.50. The lowest BCUT2D eigenvalue weighted by molar-refractivity contribution is -0.135. The summed E-state index contributed by atoms with van der Waals surface area (Å²) in [6.07, 6.45) is -2.93. The van der Waals surface area contributed by atoms with E-state index in [-0.39, 0.29) is 12.5 Å². The van der Waals surface area contributed by atoms with Crippen LogP contribution in [-0.4, -0.2) is 18.8 Å². The molecule has 0 amide bonds. The number of likely N-dealkylation sites (N-methyl/N-ethyl adjacent to an activating group) is 1. The van der Waals surface area contributed by atoms with Gasteiger partial charge in [0, 0.05) is 18.4 Å². The van der Waals surface area contributed by atoms with Crippen molar-refractivity contribution in [1.82, 2.24) is 5.32 Å². The van der Waals surface area contributed by atoms with E-state index in [1.807, 2.05) is 19.1 Å². The van der Waals surface area contributed by atoms with Crippen molar-refractivity contribution in [3.8, 4) is 0 Å². The van der Waals surface area contributed by atoms with Crippen LogP contribution < -0.4 is 5.32 Å².